The van der Waals surface area contributed by atoms with Crippen molar-refractivity contribution in [2.45, 2.75) is 37.7 Å². The van der Waals surface area contributed by atoms with E-state index in [1.54, 1.807) is 6.92 Å². The van der Waals surface area contributed by atoms with Gasteiger partial charge in [0.05, 0.1) is 5.92 Å². The van der Waals surface area contributed by atoms with E-state index in [0.717, 1.165) is 0 Å². The number of hydrogen-bond donors (Lipinski definition) is 1. The second-order valence-electron chi connectivity index (χ2n) is 4.07. The molecular formula is C10H15ClF3NO. The summed E-state index contributed by atoms with van der Waals surface area (Å²) in [6, 6.07) is 0. The maximum atomic E-state index is 12.6. The summed E-state index contributed by atoms with van der Waals surface area (Å²) in [4.78, 5) is 11.5. The van der Waals surface area contributed by atoms with Crippen LogP contribution in [0.1, 0.15) is 26.2 Å². The Morgan fingerprint density at radius 2 is 2.06 bits per heavy atom. The topological polar surface area (TPSA) is 29.1 Å². The van der Waals surface area contributed by atoms with Gasteiger partial charge in [-0.15, -0.1) is 11.6 Å². The lowest BCUT2D eigenvalue weighted by molar-refractivity contribution is -0.184. The molecule has 2 nitrogen and oxygen atoms in total. The standard InChI is InChI=1S/C10H15ClF3NO/c1-2-15-9(16)6-3-4-8(11)7(5-6)10(12,13)14/h6-8H,2-5H2,1H3,(H,15,16). The van der Waals surface area contributed by atoms with Crippen molar-refractivity contribution in [1.29, 1.82) is 0 Å². The normalized spacial score (nSPS) is 31.2. The molecule has 1 N–H and O–H groups in total. The van der Waals surface area contributed by atoms with Gasteiger partial charge >= 0.3 is 6.18 Å². The van der Waals surface area contributed by atoms with Crippen LogP contribution in [0.2, 0.25) is 0 Å². The summed E-state index contributed by atoms with van der Waals surface area (Å²) < 4.78 is 37.8. The van der Waals surface area contributed by atoms with Crippen LogP contribution < -0.4 is 5.32 Å². The number of rotatable bonds is 2. The maximum absolute atomic E-state index is 12.6. The molecule has 0 aromatic carbocycles. The summed E-state index contributed by atoms with van der Waals surface area (Å²) in [5, 5.41) is 1.66. The van der Waals surface area contributed by atoms with E-state index in [-0.39, 0.29) is 18.7 Å². The Bertz CT molecular complexity index is 257. The quantitative estimate of drug-likeness (QED) is 0.757. The SMILES string of the molecule is CCNC(=O)C1CCC(Cl)C(C(F)(F)F)C1. The number of carbonyl (C=O) groups is 1. The number of halogens is 4. The zero-order valence-electron chi connectivity index (χ0n) is 8.98. The van der Waals surface area contributed by atoms with E-state index in [4.69, 9.17) is 11.6 Å². The van der Waals surface area contributed by atoms with Crippen molar-refractivity contribution in [3.8, 4) is 0 Å². The minimum atomic E-state index is -4.31. The largest absolute Gasteiger partial charge is 0.393 e. The Morgan fingerprint density at radius 1 is 1.44 bits per heavy atom. The van der Waals surface area contributed by atoms with Crippen LogP contribution in [-0.2, 0) is 4.79 Å². The first-order valence-electron chi connectivity index (χ1n) is 5.34. The lowest BCUT2D eigenvalue weighted by Crippen LogP contribution is -2.41. The molecule has 1 aliphatic rings. The summed E-state index contributed by atoms with van der Waals surface area (Å²) >= 11 is 5.66. The van der Waals surface area contributed by atoms with Gasteiger partial charge in [0.15, 0.2) is 0 Å². The Balaban J connectivity index is 2.64. The van der Waals surface area contributed by atoms with Gasteiger partial charge in [-0.3, -0.25) is 4.79 Å². The molecule has 0 aromatic heterocycles. The van der Waals surface area contributed by atoms with E-state index in [2.05, 4.69) is 5.32 Å². The molecule has 0 spiro atoms. The minimum Gasteiger partial charge on any atom is -0.356 e. The molecule has 1 aliphatic carbocycles. The van der Waals surface area contributed by atoms with Gasteiger partial charge in [-0.2, -0.15) is 13.2 Å². The minimum absolute atomic E-state index is 0.191. The molecular weight excluding hydrogens is 243 g/mol. The Hall–Kier alpha value is -0.450. The van der Waals surface area contributed by atoms with E-state index in [1.165, 1.54) is 0 Å². The first-order chi connectivity index (χ1) is 7.36. The third-order valence-corrected chi connectivity index (χ3v) is 3.43. The van der Waals surface area contributed by atoms with E-state index in [1.807, 2.05) is 0 Å². The van der Waals surface area contributed by atoms with Crippen molar-refractivity contribution in [1.82, 2.24) is 5.32 Å². The van der Waals surface area contributed by atoms with Crippen LogP contribution in [-0.4, -0.2) is 24.0 Å². The van der Waals surface area contributed by atoms with Crippen molar-refractivity contribution < 1.29 is 18.0 Å². The summed E-state index contributed by atoms with van der Waals surface area (Å²) in [6.45, 7) is 2.18. The van der Waals surface area contributed by atoms with Gasteiger partial charge in [0, 0.05) is 17.8 Å². The number of carbonyl (C=O) groups excluding carboxylic acids is 1. The molecule has 0 radical (unpaired) electrons. The Morgan fingerprint density at radius 3 is 2.56 bits per heavy atom. The van der Waals surface area contributed by atoms with Gasteiger partial charge in [-0.25, -0.2) is 0 Å². The fraction of sp³-hybridized carbons (Fsp3) is 0.900. The molecule has 0 bridgehead atoms. The number of hydrogen-bond acceptors (Lipinski definition) is 1. The van der Waals surface area contributed by atoms with E-state index >= 15 is 0 Å². The average molecular weight is 258 g/mol. The number of nitrogens with one attached hydrogen (secondary N) is 1. The van der Waals surface area contributed by atoms with E-state index < -0.39 is 23.4 Å². The second-order valence-corrected chi connectivity index (χ2v) is 4.63. The highest BCUT2D eigenvalue weighted by Gasteiger charge is 2.48. The molecule has 0 saturated heterocycles. The molecule has 94 valence electrons. The zero-order valence-corrected chi connectivity index (χ0v) is 9.74. The molecule has 1 saturated carbocycles. The molecule has 3 atom stereocenters. The van der Waals surface area contributed by atoms with Gasteiger partial charge in [0.25, 0.3) is 0 Å². The van der Waals surface area contributed by atoms with Crippen molar-refractivity contribution in [2.75, 3.05) is 6.54 Å². The monoisotopic (exact) mass is 257 g/mol. The number of alkyl halides is 4. The van der Waals surface area contributed by atoms with E-state index in [9.17, 15) is 18.0 Å². The van der Waals surface area contributed by atoms with Crippen LogP contribution in [0.3, 0.4) is 0 Å². The molecule has 3 unspecified atom stereocenters. The van der Waals surface area contributed by atoms with Crippen molar-refractivity contribution in [3.05, 3.63) is 0 Å². The first-order valence-corrected chi connectivity index (χ1v) is 5.78. The molecule has 0 heterocycles. The van der Waals surface area contributed by atoms with Crippen molar-refractivity contribution >= 4 is 17.5 Å². The van der Waals surface area contributed by atoms with Crippen molar-refractivity contribution in [3.63, 3.8) is 0 Å². The van der Waals surface area contributed by atoms with Crippen LogP contribution >= 0.6 is 11.6 Å². The van der Waals surface area contributed by atoms with Gasteiger partial charge in [0.1, 0.15) is 0 Å². The van der Waals surface area contributed by atoms with Crippen LogP contribution in [0.4, 0.5) is 13.2 Å². The molecule has 1 amide bonds. The van der Waals surface area contributed by atoms with E-state index in [0.29, 0.717) is 13.0 Å². The molecule has 1 fully saturated rings. The fourth-order valence-electron chi connectivity index (χ4n) is 2.03. The maximum Gasteiger partial charge on any atom is 0.393 e. The fourth-order valence-corrected chi connectivity index (χ4v) is 2.40. The highest BCUT2D eigenvalue weighted by Crippen LogP contribution is 2.42. The summed E-state index contributed by atoms with van der Waals surface area (Å²) in [5.41, 5.74) is 0. The van der Waals surface area contributed by atoms with Crippen LogP contribution in [0.5, 0.6) is 0 Å². The van der Waals surface area contributed by atoms with Crippen molar-refractivity contribution in [2.24, 2.45) is 11.8 Å². The zero-order chi connectivity index (χ0) is 12.3. The summed E-state index contributed by atoms with van der Waals surface area (Å²) in [5.74, 6) is -2.41. The average Bonchev–Trinajstić information content (AvgIpc) is 2.16. The molecule has 1 rings (SSSR count). The molecule has 6 heteroatoms. The van der Waals surface area contributed by atoms with Crippen LogP contribution in [0, 0.1) is 11.8 Å². The Kier molecular flexibility index (Phi) is 4.47. The number of amides is 1. The predicted octanol–water partition coefficient (Wildman–Crippen LogP) is 2.71. The third-order valence-electron chi connectivity index (χ3n) is 2.91. The van der Waals surface area contributed by atoms with Gasteiger partial charge in [0.2, 0.25) is 5.91 Å². The lowest BCUT2D eigenvalue weighted by atomic mass is 9.80. The molecule has 0 aromatic rings. The van der Waals surface area contributed by atoms with Crippen LogP contribution in [0.15, 0.2) is 0 Å². The third kappa shape index (κ3) is 3.27. The first kappa shape index (κ1) is 13.6. The van der Waals surface area contributed by atoms with Gasteiger partial charge < -0.3 is 5.32 Å². The predicted molar refractivity (Wildman–Crippen MR) is 55.2 cm³/mol. The summed E-state index contributed by atoms with van der Waals surface area (Å²) in [6.07, 6.45) is -3.82. The van der Waals surface area contributed by atoms with Crippen LogP contribution in [0.25, 0.3) is 0 Å². The summed E-state index contributed by atoms with van der Waals surface area (Å²) in [7, 11) is 0. The lowest BCUT2D eigenvalue weighted by Gasteiger charge is -2.33. The highest BCUT2D eigenvalue weighted by atomic mass is 35.5. The molecule has 16 heavy (non-hydrogen) atoms. The van der Waals surface area contributed by atoms with Gasteiger partial charge in [-0.1, -0.05) is 0 Å². The van der Waals surface area contributed by atoms with Gasteiger partial charge in [-0.05, 0) is 26.2 Å². The second kappa shape index (κ2) is 5.25. The highest BCUT2D eigenvalue weighted by molar-refractivity contribution is 6.20. The Labute approximate surface area is 97.5 Å². The molecule has 0 aliphatic heterocycles. The smallest absolute Gasteiger partial charge is 0.356 e.